The zero-order chi connectivity index (χ0) is 28.9. The Labute approximate surface area is 237 Å². The Balaban J connectivity index is 1.55. The van der Waals surface area contributed by atoms with Crippen molar-refractivity contribution in [1.29, 1.82) is 0 Å². The molecule has 0 N–H and O–H groups in total. The third-order valence-electron chi connectivity index (χ3n) is 9.82. The van der Waals surface area contributed by atoms with E-state index in [4.69, 9.17) is 4.74 Å². The number of benzene rings is 2. The summed E-state index contributed by atoms with van der Waals surface area (Å²) in [4.78, 5) is 42.2. The van der Waals surface area contributed by atoms with Gasteiger partial charge < -0.3 is 4.74 Å². The molecule has 1 spiro atoms. The number of nitrogens with zero attached hydrogens (tertiary/aromatic N) is 4. The van der Waals surface area contributed by atoms with Crippen LogP contribution in [0.25, 0.3) is 0 Å². The number of esters is 1. The largest absolute Gasteiger partial charge is 0.466 e. The van der Waals surface area contributed by atoms with Crippen LogP contribution in [-0.2, 0) is 37.7 Å². The smallest absolute Gasteiger partial charge is 0.348 e. The van der Waals surface area contributed by atoms with Gasteiger partial charge in [0, 0.05) is 26.1 Å². The van der Waals surface area contributed by atoms with Crippen LogP contribution in [0.15, 0.2) is 80.2 Å². The maximum atomic E-state index is 14.1. The predicted octanol–water partition coefficient (Wildman–Crippen LogP) is 2.10. The average Bonchev–Trinajstić information content (AvgIpc) is 3.67. The molecule has 41 heavy (non-hydrogen) atoms. The van der Waals surface area contributed by atoms with Crippen molar-refractivity contribution in [3.63, 3.8) is 0 Å². The van der Waals surface area contributed by atoms with Gasteiger partial charge in [-0.15, -0.1) is 0 Å². The van der Waals surface area contributed by atoms with Crippen LogP contribution in [-0.4, -0.2) is 52.3 Å². The summed E-state index contributed by atoms with van der Waals surface area (Å²) in [6, 6.07) is 16.0. The van der Waals surface area contributed by atoms with Crippen molar-refractivity contribution < 1.29 is 17.9 Å². The normalized spacial score (nSPS) is 28.5. The van der Waals surface area contributed by atoms with E-state index >= 15 is 0 Å². The molecule has 2 aliphatic carbocycles. The number of sulfonamides is 1. The molecule has 2 bridgehead atoms. The van der Waals surface area contributed by atoms with Crippen molar-refractivity contribution in [2.45, 2.75) is 49.1 Å². The maximum absolute atomic E-state index is 14.1. The van der Waals surface area contributed by atoms with E-state index in [-0.39, 0.29) is 30.5 Å². The SMILES string of the molecule is CCOC(=O)[C@H]1[C@@H]2CCC[C@@]23C2=C(CN(S(=O)(=O)c4ccc(C)cc4)C2)[C@@]1(c1ccccc1)n1c(=O)n(C)c(=O)n13. The number of hydrogen-bond donors (Lipinski definition) is 0. The molecule has 214 valence electrons. The highest BCUT2D eigenvalue weighted by molar-refractivity contribution is 7.89. The van der Waals surface area contributed by atoms with E-state index in [1.54, 1.807) is 35.9 Å². The number of ether oxygens (including phenoxy) is 1. The summed E-state index contributed by atoms with van der Waals surface area (Å²) in [7, 11) is -2.47. The molecule has 4 heterocycles. The molecule has 0 unspecified atom stereocenters. The standard InChI is InChI=1S/C30H32N4O6S/c1-4-40-26(35)25-22-11-8-16-29(22)23-17-32(41(38,39)21-14-12-19(2)13-15-21)18-24(23)30(25,20-9-6-5-7-10-20)34-28(37)31(3)27(36)33(29)34/h5-7,9-10,12-15,22,25H,4,8,11,16-18H2,1-3H3/t22-,25+,29-,30+/m0/s1. The fourth-order valence-electron chi connectivity index (χ4n) is 8.27. The van der Waals surface area contributed by atoms with Gasteiger partial charge in [0.1, 0.15) is 5.54 Å². The molecule has 1 fully saturated rings. The monoisotopic (exact) mass is 576 g/mol. The first kappa shape index (κ1) is 26.2. The Morgan fingerprint density at radius 3 is 2.32 bits per heavy atom. The predicted molar refractivity (Wildman–Crippen MR) is 150 cm³/mol. The van der Waals surface area contributed by atoms with E-state index in [1.807, 2.05) is 37.3 Å². The molecular weight excluding hydrogens is 544 g/mol. The topological polar surface area (TPSA) is 113 Å². The van der Waals surface area contributed by atoms with Gasteiger partial charge in [-0.05, 0) is 55.5 Å². The van der Waals surface area contributed by atoms with Crippen LogP contribution >= 0.6 is 0 Å². The second kappa shape index (κ2) is 8.65. The van der Waals surface area contributed by atoms with E-state index in [9.17, 15) is 22.8 Å². The number of carbonyl (C=O) groups excluding carboxylic acids is 1. The second-order valence-corrected chi connectivity index (χ2v) is 13.5. The third kappa shape index (κ3) is 3.05. The highest BCUT2D eigenvalue weighted by Gasteiger charge is 2.73. The molecule has 0 amide bonds. The minimum absolute atomic E-state index is 0.000334. The summed E-state index contributed by atoms with van der Waals surface area (Å²) in [5.41, 5.74) is -0.297. The molecule has 1 saturated carbocycles. The van der Waals surface area contributed by atoms with E-state index in [2.05, 4.69) is 0 Å². The van der Waals surface area contributed by atoms with Gasteiger partial charge in [-0.2, -0.15) is 4.31 Å². The molecule has 11 heteroatoms. The highest BCUT2D eigenvalue weighted by Crippen LogP contribution is 2.66. The quantitative estimate of drug-likeness (QED) is 0.340. The zero-order valence-corrected chi connectivity index (χ0v) is 24.1. The van der Waals surface area contributed by atoms with Gasteiger partial charge in [0.2, 0.25) is 10.0 Å². The Morgan fingerprint density at radius 2 is 1.63 bits per heavy atom. The van der Waals surface area contributed by atoms with E-state index in [1.165, 1.54) is 16.0 Å². The summed E-state index contributed by atoms with van der Waals surface area (Å²) in [6.45, 7) is 3.90. The van der Waals surface area contributed by atoms with E-state index < -0.39 is 44.4 Å². The first-order chi connectivity index (χ1) is 19.6. The number of carbonyl (C=O) groups is 1. The molecule has 10 nitrogen and oxygen atoms in total. The summed E-state index contributed by atoms with van der Waals surface area (Å²) in [5.74, 6) is -1.59. The number of rotatable bonds is 5. The van der Waals surface area contributed by atoms with Gasteiger partial charge in [0.05, 0.1) is 23.0 Å². The van der Waals surface area contributed by atoms with E-state index in [0.29, 0.717) is 24.0 Å². The Bertz CT molecular complexity index is 1850. The molecule has 2 aromatic carbocycles. The van der Waals surface area contributed by atoms with Gasteiger partial charge in [0.25, 0.3) is 0 Å². The molecule has 0 saturated heterocycles. The highest BCUT2D eigenvalue weighted by atomic mass is 32.2. The van der Waals surface area contributed by atoms with Crippen LogP contribution in [0.3, 0.4) is 0 Å². The van der Waals surface area contributed by atoms with Gasteiger partial charge in [-0.1, -0.05) is 54.4 Å². The molecule has 0 radical (unpaired) electrons. The Morgan fingerprint density at radius 1 is 0.976 bits per heavy atom. The third-order valence-corrected chi connectivity index (χ3v) is 11.6. The molecule has 3 aliphatic heterocycles. The van der Waals surface area contributed by atoms with Crippen LogP contribution in [0.2, 0.25) is 0 Å². The molecule has 4 atom stereocenters. The lowest BCUT2D eigenvalue weighted by molar-refractivity contribution is -0.160. The first-order valence-corrected chi connectivity index (χ1v) is 15.5. The summed E-state index contributed by atoms with van der Waals surface area (Å²) < 4.78 is 39.3. The van der Waals surface area contributed by atoms with Gasteiger partial charge >= 0.3 is 17.3 Å². The lowest BCUT2D eigenvalue weighted by atomic mass is 9.54. The zero-order valence-electron chi connectivity index (χ0n) is 23.2. The molecular formula is C30H32N4O6S. The summed E-state index contributed by atoms with van der Waals surface area (Å²) in [6.07, 6.45) is 1.90. The lowest BCUT2D eigenvalue weighted by Gasteiger charge is -2.59. The first-order valence-electron chi connectivity index (χ1n) is 14.1. The van der Waals surface area contributed by atoms with Crippen molar-refractivity contribution in [1.82, 2.24) is 18.2 Å². The Hall–Kier alpha value is -3.70. The maximum Gasteiger partial charge on any atom is 0.348 e. The van der Waals surface area contributed by atoms with Gasteiger partial charge in [-0.25, -0.2) is 31.9 Å². The van der Waals surface area contributed by atoms with Crippen molar-refractivity contribution in [3.05, 3.63) is 97.8 Å². The molecule has 5 aliphatic rings. The van der Waals surface area contributed by atoms with Crippen molar-refractivity contribution >= 4 is 16.0 Å². The molecule has 8 rings (SSSR count). The van der Waals surface area contributed by atoms with Crippen LogP contribution in [0.5, 0.6) is 0 Å². The Kier molecular flexibility index (Phi) is 5.53. The molecule has 3 aromatic rings. The van der Waals surface area contributed by atoms with Crippen LogP contribution in [0.1, 0.15) is 37.3 Å². The van der Waals surface area contributed by atoms with Crippen LogP contribution < -0.4 is 11.4 Å². The lowest BCUT2D eigenvalue weighted by Crippen LogP contribution is -2.71. The number of aromatic nitrogens is 3. The van der Waals surface area contributed by atoms with Crippen molar-refractivity contribution in [3.8, 4) is 0 Å². The minimum atomic E-state index is -3.93. The fraction of sp³-hybridized carbons (Fsp3) is 0.433. The van der Waals surface area contributed by atoms with Gasteiger partial charge in [0.15, 0.2) is 0 Å². The second-order valence-electron chi connectivity index (χ2n) is 11.6. The minimum Gasteiger partial charge on any atom is -0.466 e. The number of aryl methyl sites for hydroxylation is 1. The van der Waals surface area contributed by atoms with Crippen LogP contribution in [0.4, 0.5) is 0 Å². The fourth-order valence-corrected chi connectivity index (χ4v) is 9.65. The summed E-state index contributed by atoms with van der Waals surface area (Å²) >= 11 is 0. The van der Waals surface area contributed by atoms with Gasteiger partial charge in [-0.3, -0.25) is 4.79 Å². The van der Waals surface area contributed by atoms with Crippen molar-refractivity contribution in [2.24, 2.45) is 18.9 Å². The average molecular weight is 577 g/mol. The molecule has 1 aromatic heterocycles. The number of hydrogen-bond acceptors (Lipinski definition) is 6. The van der Waals surface area contributed by atoms with Crippen molar-refractivity contribution in [2.75, 3.05) is 19.7 Å². The van der Waals surface area contributed by atoms with E-state index in [0.717, 1.165) is 22.1 Å². The van der Waals surface area contributed by atoms with Crippen LogP contribution in [0, 0.1) is 18.8 Å². The summed E-state index contributed by atoms with van der Waals surface area (Å²) in [5, 5.41) is 0.